The van der Waals surface area contributed by atoms with Crippen LogP contribution in [0.3, 0.4) is 0 Å². The Morgan fingerprint density at radius 1 is 1.33 bits per heavy atom. The molecule has 0 saturated heterocycles. The summed E-state index contributed by atoms with van der Waals surface area (Å²) in [5.74, 6) is -0.0676. The van der Waals surface area contributed by atoms with Crippen LogP contribution < -0.4 is 11.2 Å². The number of allylic oxidation sites excluding steroid dienone is 2. The lowest BCUT2D eigenvalue weighted by atomic mass is 9.85. The Morgan fingerprint density at radius 3 is 2.92 bits per heavy atom. The second kappa shape index (κ2) is 5.19. The number of amidine groups is 1. The number of hydrogen-bond acceptors (Lipinski definition) is 5. The minimum atomic E-state index is -0.457. The Labute approximate surface area is 139 Å². The first-order valence-electron chi connectivity index (χ1n) is 7.69. The van der Waals surface area contributed by atoms with Crippen molar-refractivity contribution in [3.63, 3.8) is 0 Å². The summed E-state index contributed by atoms with van der Waals surface area (Å²) in [7, 11) is 0. The number of hydrazone groups is 1. The van der Waals surface area contributed by atoms with Crippen molar-refractivity contribution in [3.8, 4) is 0 Å². The Hall–Kier alpha value is -3.15. The number of benzene rings is 1. The zero-order valence-corrected chi connectivity index (χ0v) is 13.1. The van der Waals surface area contributed by atoms with Crippen LogP contribution in [-0.4, -0.2) is 35.1 Å². The Bertz CT molecular complexity index is 892. The molecule has 3 N–H and O–H groups in total. The highest BCUT2D eigenvalue weighted by molar-refractivity contribution is 6.46. The lowest BCUT2D eigenvalue weighted by molar-refractivity contribution is -0.110. The standard InChI is InChI=1S/C18H16N4O2/c1-10-12-7-6-11(13-4-2-3-5-14(13)17(19)24)8-15(12)22-9-20-21-18(22)16(10)23/h2-8,15,20H,9H2,1H3,(H2,19,24). The van der Waals surface area contributed by atoms with Crippen molar-refractivity contribution in [3.05, 3.63) is 64.8 Å². The molecular weight excluding hydrogens is 304 g/mol. The maximum absolute atomic E-state index is 12.4. The number of amides is 1. The zero-order valence-electron chi connectivity index (χ0n) is 13.1. The van der Waals surface area contributed by atoms with Gasteiger partial charge in [-0.1, -0.05) is 30.4 Å². The van der Waals surface area contributed by atoms with Crippen molar-refractivity contribution in [2.24, 2.45) is 10.8 Å². The van der Waals surface area contributed by atoms with Gasteiger partial charge in [0.1, 0.15) is 6.67 Å². The van der Waals surface area contributed by atoms with Crippen LogP contribution in [0.2, 0.25) is 0 Å². The van der Waals surface area contributed by atoms with Crippen molar-refractivity contribution in [2.45, 2.75) is 13.0 Å². The molecule has 4 rings (SSSR count). The number of carbonyl (C=O) groups excluding carboxylic acids is 2. The molecular formula is C18H16N4O2. The van der Waals surface area contributed by atoms with E-state index in [2.05, 4.69) is 16.6 Å². The first-order chi connectivity index (χ1) is 11.6. The number of carbonyl (C=O) groups is 2. The van der Waals surface area contributed by atoms with Crippen LogP contribution in [0.1, 0.15) is 22.8 Å². The van der Waals surface area contributed by atoms with Gasteiger partial charge in [0, 0.05) is 11.1 Å². The molecule has 0 saturated carbocycles. The third-order valence-corrected chi connectivity index (χ3v) is 4.61. The summed E-state index contributed by atoms with van der Waals surface area (Å²) >= 11 is 0. The largest absolute Gasteiger partial charge is 0.366 e. The molecule has 0 fully saturated rings. The topological polar surface area (TPSA) is 87.8 Å². The molecule has 0 aromatic heterocycles. The quantitative estimate of drug-likeness (QED) is 0.856. The van der Waals surface area contributed by atoms with Crippen LogP contribution in [0.5, 0.6) is 0 Å². The van der Waals surface area contributed by atoms with E-state index >= 15 is 0 Å². The van der Waals surface area contributed by atoms with Gasteiger partial charge in [-0.05, 0) is 35.8 Å². The van der Waals surface area contributed by atoms with E-state index < -0.39 is 5.91 Å². The Morgan fingerprint density at radius 2 is 2.12 bits per heavy atom. The van der Waals surface area contributed by atoms with Crippen LogP contribution in [0.15, 0.2) is 58.7 Å². The summed E-state index contributed by atoms with van der Waals surface area (Å²) in [5.41, 5.74) is 12.2. The molecule has 1 aliphatic carbocycles. The number of primary amides is 1. The van der Waals surface area contributed by atoms with Crippen LogP contribution in [0, 0.1) is 0 Å². The monoisotopic (exact) mass is 320 g/mol. The van der Waals surface area contributed by atoms with Crippen molar-refractivity contribution in [2.75, 3.05) is 6.67 Å². The van der Waals surface area contributed by atoms with Gasteiger partial charge in [-0.2, -0.15) is 5.10 Å². The number of rotatable bonds is 2. The summed E-state index contributed by atoms with van der Waals surface area (Å²) in [5, 5.41) is 4.11. The third kappa shape index (κ3) is 2.00. The second-order valence-corrected chi connectivity index (χ2v) is 5.94. The van der Waals surface area contributed by atoms with Gasteiger partial charge in [0.15, 0.2) is 5.84 Å². The molecule has 6 nitrogen and oxygen atoms in total. The fourth-order valence-electron chi connectivity index (χ4n) is 3.36. The van der Waals surface area contributed by atoms with E-state index in [9.17, 15) is 9.59 Å². The van der Waals surface area contributed by atoms with Gasteiger partial charge < -0.3 is 10.6 Å². The fourth-order valence-corrected chi connectivity index (χ4v) is 3.36. The number of ketones is 1. The van der Waals surface area contributed by atoms with Crippen molar-refractivity contribution < 1.29 is 9.59 Å². The van der Waals surface area contributed by atoms with E-state index in [4.69, 9.17) is 5.73 Å². The first-order valence-corrected chi connectivity index (χ1v) is 7.69. The maximum Gasteiger partial charge on any atom is 0.249 e. The highest BCUT2D eigenvalue weighted by Gasteiger charge is 2.38. The van der Waals surface area contributed by atoms with Gasteiger partial charge in [0.2, 0.25) is 11.7 Å². The van der Waals surface area contributed by atoms with E-state index in [1.54, 1.807) is 12.1 Å². The number of hydrogen-bond donors (Lipinski definition) is 2. The van der Waals surface area contributed by atoms with E-state index in [1.807, 2.05) is 36.1 Å². The molecule has 2 heterocycles. The minimum absolute atomic E-state index is 0.0507. The van der Waals surface area contributed by atoms with Crippen molar-refractivity contribution in [1.29, 1.82) is 0 Å². The van der Waals surface area contributed by atoms with Gasteiger partial charge in [-0.3, -0.25) is 15.0 Å². The molecule has 1 aromatic rings. The molecule has 0 radical (unpaired) electrons. The summed E-state index contributed by atoms with van der Waals surface area (Å²) in [6.07, 6.45) is 5.92. The van der Waals surface area contributed by atoms with Gasteiger partial charge in [0.05, 0.1) is 6.04 Å². The number of nitrogens with one attached hydrogen (secondary N) is 1. The maximum atomic E-state index is 12.4. The van der Waals surface area contributed by atoms with Crippen LogP contribution in [-0.2, 0) is 4.79 Å². The number of fused-ring (bicyclic) bond motifs is 3. The number of Topliss-reactive ketones (excluding diaryl/α,β-unsaturated/α-hetero) is 1. The molecule has 0 bridgehead atoms. The minimum Gasteiger partial charge on any atom is -0.366 e. The molecule has 6 heteroatoms. The normalized spacial score (nSPS) is 21.8. The summed E-state index contributed by atoms with van der Waals surface area (Å²) in [6.45, 7) is 2.31. The number of nitrogens with two attached hydrogens (primary N) is 1. The molecule has 24 heavy (non-hydrogen) atoms. The Balaban J connectivity index is 1.83. The second-order valence-electron chi connectivity index (χ2n) is 5.94. The highest BCUT2D eigenvalue weighted by Crippen LogP contribution is 2.34. The van der Waals surface area contributed by atoms with Crippen molar-refractivity contribution in [1.82, 2.24) is 10.3 Å². The molecule has 3 aliphatic rings. The van der Waals surface area contributed by atoms with Gasteiger partial charge in [-0.25, -0.2) is 0 Å². The molecule has 2 aliphatic heterocycles. The van der Waals surface area contributed by atoms with Crippen molar-refractivity contribution >= 4 is 23.1 Å². The zero-order chi connectivity index (χ0) is 16.8. The van der Waals surface area contributed by atoms with E-state index in [1.165, 1.54) is 0 Å². The van der Waals surface area contributed by atoms with Crippen LogP contribution >= 0.6 is 0 Å². The summed E-state index contributed by atoms with van der Waals surface area (Å²) in [4.78, 5) is 26.0. The predicted octanol–water partition coefficient (Wildman–Crippen LogP) is 1.18. The summed E-state index contributed by atoms with van der Waals surface area (Å²) in [6, 6.07) is 7.18. The number of nitrogens with zero attached hydrogens (tertiary/aromatic N) is 2. The molecule has 120 valence electrons. The smallest absolute Gasteiger partial charge is 0.249 e. The predicted molar refractivity (Wildman–Crippen MR) is 90.8 cm³/mol. The van der Waals surface area contributed by atoms with Crippen LogP contribution in [0.25, 0.3) is 5.57 Å². The third-order valence-electron chi connectivity index (χ3n) is 4.61. The molecule has 0 spiro atoms. The van der Waals surface area contributed by atoms with Gasteiger partial charge >= 0.3 is 0 Å². The van der Waals surface area contributed by atoms with Gasteiger partial charge in [-0.15, -0.1) is 0 Å². The molecule has 1 atom stereocenters. The lowest BCUT2D eigenvalue weighted by Gasteiger charge is -2.35. The highest BCUT2D eigenvalue weighted by atomic mass is 16.1. The average molecular weight is 320 g/mol. The molecule has 1 aromatic carbocycles. The van der Waals surface area contributed by atoms with E-state index in [0.29, 0.717) is 23.6 Å². The average Bonchev–Trinajstić information content (AvgIpc) is 3.09. The first kappa shape index (κ1) is 14.4. The van der Waals surface area contributed by atoms with Gasteiger partial charge in [0.25, 0.3) is 0 Å². The van der Waals surface area contributed by atoms with E-state index in [0.717, 1.165) is 16.7 Å². The van der Waals surface area contributed by atoms with Crippen LogP contribution in [0.4, 0.5) is 0 Å². The lowest BCUT2D eigenvalue weighted by Crippen LogP contribution is -2.47. The van der Waals surface area contributed by atoms with E-state index in [-0.39, 0.29) is 11.8 Å². The SMILES string of the molecule is CC1=C2C=CC(c3ccccc3C(N)=O)=CC2N2CNN=C2C1=O. The molecule has 1 amide bonds. The Kier molecular flexibility index (Phi) is 3.13. The fraction of sp³-hybridized carbons (Fsp3) is 0.167. The summed E-state index contributed by atoms with van der Waals surface area (Å²) < 4.78 is 0. The molecule has 1 unspecified atom stereocenters.